The van der Waals surface area contributed by atoms with E-state index in [2.05, 4.69) is 48.5 Å². The number of hydrogen-bond acceptors (Lipinski definition) is 3. The lowest BCUT2D eigenvalue weighted by Crippen LogP contribution is -2.42. The van der Waals surface area contributed by atoms with Crippen LogP contribution >= 0.6 is 11.6 Å². The lowest BCUT2D eigenvalue weighted by Gasteiger charge is -2.33. The van der Waals surface area contributed by atoms with E-state index >= 15 is 0 Å². The van der Waals surface area contributed by atoms with Crippen LogP contribution in [-0.2, 0) is 12.4 Å². The number of hydrogen-bond donors (Lipinski definition) is 0. The monoisotopic (exact) mass is 290 g/mol. The number of benzene rings is 1. The predicted molar refractivity (Wildman–Crippen MR) is 81.8 cm³/mol. The van der Waals surface area contributed by atoms with Gasteiger partial charge in [0.1, 0.15) is 17.4 Å². The van der Waals surface area contributed by atoms with Gasteiger partial charge in [-0.3, -0.25) is 0 Å². The molecule has 0 N–H and O–H groups in total. The highest BCUT2D eigenvalue weighted by atomic mass is 35.5. The summed E-state index contributed by atoms with van der Waals surface area (Å²) in [7, 11) is 4.11. The third-order valence-electron chi connectivity index (χ3n) is 3.85. The normalized spacial score (nSPS) is 12.1. The van der Waals surface area contributed by atoms with Crippen LogP contribution < -0.4 is 0 Å². The van der Waals surface area contributed by atoms with Crippen molar-refractivity contribution in [3.05, 3.63) is 29.6 Å². The zero-order valence-electron chi connectivity index (χ0n) is 12.3. The Hall–Kier alpha value is -1.57. The molecule has 2 rings (SSSR count). The van der Waals surface area contributed by atoms with E-state index in [0.717, 1.165) is 23.4 Å². The SMILES string of the molecule is CN(C)C(C)(C)Cn1c(CCl)nc2c(C#N)cccc21. The van der Waals surface area contributed by atoms with Gasteiger partial charge in [-0.25, -0.2) is 4.98 Å². The van der Waals surface area contributed by atoms with Gasteiger partial charge in [-0.2, -0.15) is 5.26 Å². The maximum atomic E-state index is 9.19. The summed E-state index contributed by atoms with van der Waals surface area (Å²) in [6.07, 6.45) is 0. The average Bonchev–Trinajstić information content (AvgIpc) is 2.76. The minimum Gasteiger partial charge on any atom is -0.325 e. The molecule has 0 atom stereocenters. The molecule has 0 saturated heterocycles. The number of para-hydroxylation sites is 1. The summed E-state index contributed by atoms with van der Waals surface area (Å²) in [5.74, 6) is 1.14. The summed E-state index contributed by atoms with van der Waals surface area (Å²) in [6.45, 7) is 5.11. The Labute approximate surface area is 124 Å². The van der Waals surface area contributed by atoms with Gasteiger partial charge in [-0.05, 0) is 40.1 Å². The number of alkyl halides is 1. The Morgan fingerprint density at radius 2 is 2.10 bits per heavy atom. The molecule has 0 fully saturated rings. The lowest BCUT2D eigenvalue weighted by atomic mass is 10.0. The van der Waals surface area contributed by atoms with Gasteiger partial charge in [0.05, 0.1) is 17.0 Å². The molecule has 0 saturated carbocycles. The van der Waals surface area contributed by atoms with Crippen LogP contribution in [0.4, 0.5) is 0 Å². The molecule has 4 nitrogen and oxygen atoms in total. The van der Waals surface area contributed by atoms with Gasteiger partial charge in [0, 0.05) is 12.1 Å². The van der Waals surface area contributed by atoms with E-state index in [1.807, 2.05) is 12.1 Å². The first-order chi connectivity index (χ1) is 9.40. The van der Waals surface area contributed by atoms with Gasteiger partial charge in [-0.1, -0.05) is 6.07 Å². The zero-order chi connectivity index (χ0) is 14.9. The third-order valence-corrected chi connectivity index (χ3v) is 4.09. The molecule has 20 heavy (non-hydrogen) atoms. The Kier molecular flexibility index (Phi) is 4.03. The highest BCUT2D eigenvalue weighted by Crippen LogP contribution is 2.24. The van der Waals surface area contributed by atoms with Crippen molar-refractivity contribution >= 4 is 22.6 Å². The second-order valence-corrected chi connectivity index (χ2v) is 6.01. The van der Waals surface area contributed by atoms with E-state index in [9.17, 15) is 5.26 Å². The number of aromatic nitrogens is 2. The second kappa shape index (κ2) is 5.43. The van der Waals surface area contributed by atoms with E-state index in [4.69, 9.17) is 11.6 Å². The third kappa shape index (κ3) is 2.52. The van der Waals surface area contributed by atoms with Crippen molar-refractivity contribution in [1.82, 2.24) is 14.5 Å². The first-order valence-electron chi connectivity index (χ1n) is 6.52. The molecule has 0 unspecified atom stereocenters. The second-order valence-electron chi connectivity index (χ2n) is 5.74. The topological polar surface area (TPSA) is 44.9 Å². The number of fused-ring (bicyclic) bond motifs is 1. The molecule has 106 valence electrons. The van der Waals surface area contributed by atoms with E-state index in [-0.39, 0.29) is 5.54 Å². The summed E-state index contributed by atoms with van der Waals surface area (Å²) in [5, 5.41) is 9.19. The van der Waals surface area contributed by atoms with Gasteiger partial charge >= 0.3 is 0 Å². The lowest BCUT2D eigenvalue weighted by molar-refractivity contribution is 0.170. The molecule has 0 bridgehead atoms. The average molecular weight is 291 g/mol. The molecule has 0 aliphatic heterocycles. The molecule has 1 aromatic heterocycles. The quantitative estimate of drug-likeness (QED) is 0.813. The van der Waals surface area contributed by atoms with Crippen LogP contribution in [0.15, 0.2) is 18.2 Å². The van der Waals surface area contributed by atoms with Crippen molar-refractivity contribution in [2.24, 2.45) is 0 Å². The first kappa shape index (κ1) is 14.8. The number of halogens is 1. The van der Waals surface area contributed by atoms with Crippen molar-refractivity contribution in [2.75, 3.05) is 14.1 Å². The molecular weight excluding hydrogens is 272 g/mol. The largest absolute Gasteiger partial charge is 0.325 e. The molecule has 5 heteroatoms. The number of likely N-dealkylation sites (N-methyl/N-ethyl adjacent to an activating group) is 1. The standard InChI is InChI=1S/C15H19ClN4/c1-15(2,19(3)4)10-20-12-7-5-6-11(9-17)14(12)18-13(20)8-16/h5-7H,8,10H2,1-4H3. The Morgan fingerprint density at radius 1 is 1.40 bits per heavy atom. The number of nitriles is 1. The van der Waals surface area contributed by atoms with Gasteiger partial charge in [-0.15, -0.1) is 11.6 Å². The van der Waals surface area contributed by atoms with Crippen LogP contribution in [0.2, 0.25) is 0 Å². The molecule has 0 aliphatic rings. The Balaban J connectivity index is 2.61. The fourth-order valence-corrected chi connectivity index (χ4v) is 2.30. The minimum absolute atomic E-state index is 0.0307. The van der Waals surface area contributed by atoms with E-state index in [1.165, 1.54) is 0 Å². The zero-order valence-corrected chi connectivity index (χ0v) is 13.1. The number of nitrogens with zero attached hydrogens (tertiary/aromatic N) is 4. The fourth-order valence-electron chi connectivity index (χ4n) is 2.09. The van der Waals surface area contributed by atoms with Crippen LogP contribution in [0, 0.1) is 11.3 Å². The summed E-state index contributed by atoms with van der Waals surface area (Å²) in [6, 6.07) is 7.86. The molecule has 2 aromatic rings. The number of rotatable bonds is 4. The van der Waals surface area contributed by atoms with Gasteiger partial charge < -0.3 is 9.47 Å². The molecule has 0 aliphatic carbocycles. The van der Waals surface area contributed by atoms with Crippen LogP contribution in [-0.4, -0.2) is 34.1 Å². The highest BCUT2D eigenvalue weighted by Gasteiger charge is 2.24. The van der Waals surface area contributed by atoms with Crippen LogP contribution in [0.3, 0.4) is 0 Å². The van der Waals surface area contributed by atoms with E-state index in [0.29, 0.717) is 11.4 Å². The summed E-state index contributed by atoms with van der Waals surface area (Å²) in [4.78, 5) is 6.71. The molecule has 1 aromatic carbocycles. The van der Waals surface area contributed by atoms with Gasteiger partial charge in [0.2, 0.25) is 0 Å². The van der Waals surface area contributed by atoms with Gasteiger partial charge in [0.25, 0.3) is 0 Å². The first-order valence-corrected chi connectivity index (χ1v) is 7.06. The smallest absolute Gasteiger partial charge is 0.124 e. The Bertz CT molecular complexity index is 664. The predicted octanol–water partition coefficient (Wildman–Crippen LogP) is 2.99. The summed E-state index contributed by atoms with van der Waals surface area (Å²) in [5.41, 5.74) is 2.27. The maximum Gasteiger partial charge on any atom is 0.124 e. The Morgan fingerprint density at radius 3 is 2.65 bits per heavy atom. The van der Waals surface area contributed by atoms with E-state index < -0.39 is 0 Å². The highest BCUT2D eigenvalue weighted by molar-refractivity contribution is 6.16. The van der Waals surface area contributed by atoms with Crippen molar-refractivity contribution in [3.63, 3.8) is 0 Å². The molecular formula is C15H19ClN4. The molecule has 0 radical (unpaired) electrons. The van der Waals surface area contributed by atoms with Crippen molar-refractivity contribution in [2.45, 2.75) is 31.8 Å². The summed E-state index contributed by atoms with van der Waals surface area (Å²) < 4.78 is 2.11. The molecule has 0 spiro atoms. The van der Waals surface area contributed by atoms with Crippen LogP contribution in [0.5, 0.6) is 0 Å². The summed E-state index contributed by atoms with van der Waals surface area (Å²) >= 11 is 6.03. The van der Waals surface area contributed by atoms with E-state index in [1.54, 1.807) is 6.07 Å². The van der Waals surface area contributed by atoms with Crippen molar-refractivity contribution in [3.8, 4) is 6.07 Å². The fraction of sp³-hybridized carbons (Fsp3) is 0.467. The molecule has 1 heterocycles. The molecule has 0 amide bonds. The number of imidazole rings is 1. The van der Waals surface area contributed by atoms with Crippen LogP contribution in [0.25, 0.3) is 11.0 Å². The maximum absolute atomic E-state index is 9.19. The van der Waals surface area contributed by atoms with Crippen molar-refractivity contribution in [1.29, 1.82) is 5.26 Å². The van der Waals surface area contributed by atoms with Crippen molar-refractivity contribution < 1.29 is 0 Å². The van der Waals surface area contributed by atoms with Crippen LogP contribution in [0.1, 0.15) is 25.2 Å². The minimum atomic E-state index is -0.0307. The van der Waals surface area contributed by atoms with Gasteiger partial charge in [0.15, 0.2) is 0 Å².